The number of nitrogens with zero attached hydrogens (tertiary/aromatic N) is 1. The summed E-state index contributed by atoms with van der Waals surface area (Å²) in [5, 5.41) is 0. The molecule has 1 aromatic rings. The molecule has 0 atom stereocenters. The number of methoxy groups -OCH3 is 1. The molecular formula is C24H40BNO5. The van der Waals surface area contributed by atoms with E-state index in [1.165, 1.54) is 5.56 Å². The Hall–Kier alpha value is -1.57. The lowest BCUT2D eigenvalue weighted by Gasteiger charge is -2.34. The van der Waals surface area contributed by atoms with Gasteiger partial charge >= 0.3 is 13.2 Å². The minimum Gasteiger partial charge on any atom is -0.449 e. The topological polar surface area (TPSA) is 57.2 Å². The van der Waals surface area contributed by atoms with Crippen LogP contribution in [-0.2, 0) is 25.2 Å². The van der Waals surface area contributed by atoms with E-state index >= 15 is 0 Å². The van der Waals surface area contributed by atoms with E-state index in [2.05, 4.69) is 52.0 Å². The van der Waals surface area contributed by atoms with Crippen molar-refractivity contribution in [3.8, 4) is 0 Å². The number of hydrogen-bond acceptors (Lipinski definition) is 5. The van der Waals surface area contributed by atoms with Crippen LogP contribution in [0.25, 0.3) is 0 Å². The minimum absolute atomic E-state index is 0.264. The van der Waals surface area contributed by atoms with Crippen LogP contribution in [0.15, 0.2) is 24.3 Å². The van der Waals surface area contributed by atoms with Gasteiger partial charge in [0.2, 0.25) is 0 Å². The summed E-state index contributed by atoms with van der Waals surface area (Å²) in [5.74, 6) is 0. The van der Waals surface area contributed by atoms with Crippen molar-refractivity contribution in [1.82, 2.24) is 4.90 Å². The Balaban J connectivity index is 1.88. The van der Waals surface area contributed by atoms with Gasteiger partial charge in [-0.25, -0.2) is 4.79 Å². The first-order chi connectivity index (χ1) is 14.4. The molecule has 0 N–H and O–H groups in total. The molecule has 1 heterocycles. The molecule has 174 valence electrons. The average Bonchev–Trinajstić information content (AvgIpc) is 2.89. The molecule has 1 fully saturated rings. The van der Waals surface area contributed by atoms with Crippen LogP contribution < -0.4 is 5.46 Å². The molecule has 0 aliphatic carbocycles. The van der Waals surface area contributed by atoms with Gasteiger partial charge in [0, 0.05) is 32.2 Å². The van der Waals surface area contributed by atoms with E-state index < -0.39 is 0 Å². The van der Waals surface area contributed by atoms with Crippen LogP contribution in [0.5, 0.6) is 0 Å². The molecule has 1 saturated heterocycles. The number of carbonyl (C=O) groups excluding carboxylic acids is 1. The van der Waals surface area contributed by atoms with Crippen LogP contribution in [0.4, 0.5) is 4.79 Å². The van der Waals surface area contributed by atoms with Crippen molar-refractivity contribution in [2.45, 2.75) is 84.5 Å². The highest BCUT2D eigenvalue weighted by molar-refractivity contribution is 6.62. The lowest BCUT2D eigenvalue weighted by Crippen LogP contribution is -2.46. The second-order valence-electron chi connectivity index (χ2n) is 10.2. The van der Waals surface area contributed by atoms with Gasteiger partial charge in [-0.1, -0.05) is 24.3 Å². The van der Waals surface area contributed by atoms with Gasteiger partial charge in [0.05, 0.1) is 17.8 Å². The molecule has 6 nitrogen and oxygen atoms in total. The first-order valence-corrected chi connectivity index (χ1v) is 11.3. The van der Waals surface area contributed by atoms with E-state index in [0.29, 0.717) is 26.2 Å². The summed E-state index contributed by atoms with van der Waals surface area (Å²) >= 11 is 0. The Morgan fingerprint density at radius 3 is 2.10 bits per heavy atom. The summed E-state index contributed by atoms with van der Waals surface area (Å²) in [6.07, 6.45) is 2.18. The summed E-state index contributed by atoms with van der Waals surface area (Å²) in [7, 11) is 1.30. The molecule has 31 heavy (non-hydrogen) atoms. The van der Waals surface area contributed by atoms with Crippen molar-refractivity contribution < 1.29 is 23.6 Å². The third kappa shape index (κ3) is 6.96. The first-order valence-electron chi connectivity index (χ1n) is 11.3. The number of amides is 1. The third-order valence-corrected chi connectivity index (χ3v) is 6.10. The zero-order valence-corrected chi connectivity index (χ0v) is 20.6. The van der Waals surface area contributed by atoms with E-state index in [1.807, 2.05) is 20.8 Å². The number of rotatable bonds is 9. The zero-order chi connectivity index (χ0) is 23.3. The van der Waals surface area contributed by atoms with E-state index in [9.17, 15) is 4.79 Å². The third-order valence-electron chi connectivity index (χ3n) is 6.10. The smallest absolute Gasteiger partial charge is 0.449 e. The van der Waals surface area contributed by atoms with E-state index in [0.717, 1.165) is 18.3 Å². The van der Waals surface area contributed by atoms with Gasteiger partial charge < -0.3 is 23.7 Å². The van der Waals surface area contributed by atoms with Crippen molar-refractivity contribution in [2.75, 3.05) is 26.9 Å². The second kappa shape index (κ2) is 10.4. The number of ether oxygens (including phenoxy) is 2. The van der Waals surface area contributed by atoms with Crippen LogP contribution >= 0.6 is 0 Å². The fourth-order valence-corrected chi connectivity index (χ4v) is 3.40. The fourth-order valence-electron chi connectivity index (χ4n) is 3.40. The van der Waals surface area contributed by atoms with Gasteiger partial charge in [0.25, 0.3) is 0 Å². The average molecular weight is 433 g/mol. The van der Waals surface area contributed by atoms with Gasteiger partial charge in [-0.05, 0) is 72.3 Å². The number of aryl methyl sites for hydroxylation is 1. The summed E-state index contributed by atoms with van der Waals surface area (Å²) in [6.45, 7) is 15.9. The number of carbonyl (C=O) groups is 1. The summed E-state index contributed by atoms with van der Waals surface area (Å²) in [5.41, 5.74) is 1.27. The SMILES string of the molecule is COCCCOC(=O)N(CCCc1ccc(B2OC(C)(C)C(C)(C)O2)cc1)C(C)(C)C. The van der Waals surface area contributed by atoms with Crippen molar-refractivity contribution >= 4 is 18.7 Å². The highest BCUT2D eigenvalue weighted by Crippen LogP contribution is 2.36. The van der Waals surface area contributed by atoms with Crippen molar-refractivity contribution in [3.63, 3.8) is 0 Å². The van der Waals surface area contributed by atoms with Gasteiger partial charge in [-0.15, -0.1) is 0 Å². The highest BCUT2D eigenvalue weighted by atomic mass is 16.7. The molecular weight excluding hydrogens is 393 g/mol. The predicted octanol–water partition coefficient (Wildman–Crippen LogP) is 4.19. The molecule has 1 aromatic carbocycles. The van der Waals surface area contributed by atoms with Crippen molar-refractivity contribution in [2.24, 2.45) is 0 Å². The quantitative estimate of drug-likeness (QED) is 0.432. The summed E-state index contributed by atoms with van der Waals surface area (Å²) in [4.78, 5) is 14.3. The number of hydrogen-bond donors (Lipinski definition) is 0. The molecule has 0 radical (unpaired) electrons. The lowest BCUT2D eigenvalue weighted by molar-refractivity contribution is 0.00578. The fraction of sp³-hybridized carbons (Fsp3) is 0.708. The molecule has 1 aliphatic heterocycles. The van der Waals surface area contributed by atoms with Gasteiger partial charge in [-0.2, -0.15) is 0 Å². The molecule has 0 unspecified atom stereocenters. The predicted molar refractivity (Wildman–Crippen MR) is 125 cm³/mol. The summed E-state index contributed by atoms with van der Waals surface area (Å²) < 4.78 is 22.7. The molecule has 1 amide bonds. The second-order valence-corrected chi connectivity index (χ2v) is 10.2. The van der Waals surface area contributed by atoms with Crippen LogP contribution in [0.1, 0.15) is 66.9 Å². The maximum Gasteiger partial charge on any atom is 0.494 e. The molecule has 0 bridgehead atoms. The van der Waals surface area contributed by atoms with E-state index in [4.69, 9.17) is 18.8 Å². The van der Waals surface area contributed by atoms with E-state index in [1.54, 1.807) is 12.0 Å². The Morgan fingerprint density at radius 1 is 1.00 bits per heavy atom. The number of benzene rings is 1. The van der Waals surface area contributed by atoms with Gasteiger partial charge in [0.15, 0.2) is 0 Å². The molecule has 7 heteroatoms. The van der Waals surface area contributed by atoms with Crippen molar-refractivity contribution in [3.05, 3.63) is 29.8 Å². The zero-order valence-electron chi connectivity index (χ0n) is 20.6. The molecule has 0 saturated carbocycles. The van der Waals surface area contributed by atoms with Crippen LogP contribution in [0, 0.1) is 0 Å². The first kappa shape index (κ1) is 25.7. The Labute approximate surface area is 188 Å². The highest BCUT2D eigenvalue weighted by Gasteiger charge is 2.51. The Kier molecular flexibility index (Phi) is 8.59. The monoisotopic (exact) mass is 433 g/mol. The van der Waals surface area contributed by atoms with Gasteiger partial charge in [0.1, 0.15) is 0 Å². The molecule has 0 aromatic heterocycles. The lowest BCUT2D eigenvalue weighted by atomic mass is 9.78. The maximum absolute atomic E-state index is 12.5. The summed E-state index contributed by atoms with van der Waals surface area (Å²) in [6, 6.07) is 8.38. The van der Waals surface area contributed by atoms with E-state index in [-0.39, 0.29) is 30.0 Å². The molecule has 1 aliphatic rings. The minimum atomic E-state index is -0.344. The van der Waals surface area contributed by atoms with Crippen LogP contribution in [0.3, 0.4) is 0 Å². The standard InChI is InChI=1S/C24H40BNO5/c1-22(2,3)26(21(27)29-18-10-17-28-8)16-9-11-19-12-14-20(15-13-19)25-30-23(4,5)24(6,7)31-25/h12-15H,9-11,16-18H2,1-8H3. The maximum atomic E-state index is 12.5. The van der Waals surface area contributed by atoms with Crippen molar-refractivity contribution in [1.29, 1.82) is 0 Å². The largest absolute Gasteiger partial charge is 0.494 e. The van der Waals surface area contributed by atoms with Crippen LogP contribution in [0.2, 0.25) is 0 Å². The van der Waals surface area contributed by atoms with Crippen LogP contribution in [-0.4, -0.2) is 61.7 Å². The Bertz CT molecular complexity index is 696. The normalized spacial score (nSPS) is 17.6. The Morgan fingerprint density at radius 2 is 1.58 bits per heavy atom. The molecule has 0 spiro atoms. The molecule has 2 rings (SSSR count). The van der Waals surface area contributed by atoms with Gasteiger partial charge in [-0.3, -0.25) is 0 Å².